The van der Waals surface area contributed by atoms with Crippen molar-refractivity contribution in [3.63, 3.8) is 0 Å². The highest BCUT2D eigenvalue weighted by molar-refractivity contribution is 7.18. The van der Waals surface area contributed by atoms with E-state index < -0.39 is 0 Å². The zero-order chi connectivity index (χ0) is 12.5. The van der Waals surface area contributed by atoms with Gasteiger partial charge in [-0.2, -0.15) is 0 Å². The number of hydrogen-bond donors (Lipinski definition) is 0. The lowest BCUT2D eigenvalue weighted by molar-refractivity contribution is 0.448. The molecule has 1 unspecified atom stereocenters. The Balaban J connectivity index is 2.06. The number of anilines is 1. The molecule has 0 bridgehead atoms. The average molecular weight is 261 g/mol. The molecule has 1 saturated heterocycles. The highest BCUT2D eigenvalue weighted by atomic mass is 32.1. The molecule has 4 heteroatoms. The van der Waals surface area contributed by atoms with Crippen LogP contribution in [-0.2, 0) is 0 Å². The molecule has 2 aromatic heterocycles. The van der Waals surface area contributed by atoms with Gasteiger partial charge in [0.15, 0.2) is 0 Å². The second-order valence-corrected chi connectivity index (χ2v) is 6.26. The van der Waals surface area contributed by atoms with E-state index in [0.29, 0.717) is 6.04 Å². The minimum Gasteiger partial charge on any atom is -0.353 e. The Morgan fingerprint density at radius 1 is 1.39 bits per heavy atom. The number of thiophene rings is 1. The lowest BCUT2D eigenvalue weighted by Crippen LogP contribution is -2.39. The van der Waals surface area contributed by atoms with Crippen LogP contribution in [-0.4, -0.2) is 22.6 Å². The van der Waals surface area contributed by atoms with Crippen LogP contribution in [0.2, 0.25) is 0 Å². The summed E-state index contributed by atoms with van der Waals surface area (Å²) in [6.45, 7) is 5.56. The first-order valence-electron chi connectivity index (χ1n) is 6.77. The molecule has 3 nitrogen and oxygen atoms in total. The molecular weight excluding hydrogens is 242 g/mol. The Hall–Kier alpha value is -1.16. The van der Waals surface area contributed by atoms with E-state index in [2.05, 4.69) is 34.8 Å². The summed E-state index contributed by atoms with van der Waals surface area (Å²) in [5.41, 5.74) is 0. The lowest BCUT2D eigenvalue weighted by Gasteiger charge is -2.36. The number of nitrogens with zero attached hydrogens (tertiary/aromatic N) is 3. The van der Waals surface area contributed by atoms with Gasteiger partial charge in [-0.15, -0.1) is 11.3 Å². The SMILES string of the molecule is CCC1CCCCN1c1ncnc2sc(C)cc12. The van der Waals surface area contributed by atoms with Gasteiger partial charge in [-0.1, -0.05) is 6.92 Å². The van der Waals surface area contributed by atoms with Crippen molar-refractivity contribution in [1.29, 1.82) is 0 Å². The van der Waals surface area contributed by atoms with E-state index in [9.17, 15) is 0 Å². The summed E-state index contributed by atoms with van der Waals surface area (Å²) in [5, 5.41) is 1.24. The minimum atomic E-state index is 0.650. The lowest BCUT2D eigenvalue weighted by atomic mass is 10.00. The molecule has 3 heterocycles. The van der Waals surface area contributed by atoms with Crippen LogP contribution in [0, 0.1) is 6.92 Å². The molecule has 0 amide bonds. The predicted octanol–water partition coefficient (Wildman–Crippen LogP) is 3.77. The summed E-state index contributed by atoms with van der Waals surface area (Å²) < 4.78 is 0. The number of fused-ring (bicyclic) bond motifs is 1. The van der Waals surface area contributed by atoms with E-state index in [-0.39, 0.29) is 0 Å². The third-order valence-electron chi connectivity index (χ3n) is 3.80. The summed E-state index contributed by atoms with van der Waals surface area (Å²) >= 11 is 1.76. The van der Waals surface area contributed by atoms with Crippen LogP contribution in [0.5, 0.6) is 0 Å². The smallest absolute Gasteiger partial charge is 0.141 e. The number of rotatable bonds is 2. The number of aryl methyl sites for hydroxylation is 1. The third-order valence-corrected chi connectivity index (χ3v) is 4.76. The second kappa shape index (κ2) is 4.84. The van der Waals surface area contributed by atoms with Gasteiger partial charge in [0.2, 0.25) is 0 Å². The summed E-state index contributed by atoms with van der Waals surface area (Å²) in [5.74, 6) is 1.15. The molecular formula is C14H19N3S. The van der Waals surface area contributed by atoms with E-state index in [0.717, 1.165) is 17.2 Å². The third kappa shape index (κ3) is 1.99. The normalized spacial score (nSPS) is 20.6. The monoisotopic (exact) mass is 261 g/mol. The molecule has 1 fully saturated rings. The first kappa shape index (κ1) is 11.9. The van der Waals surface area contributed by atoms with Gasteiger partial charge in [-0.25, -0.2) is 9.97 Å². The molecule has 3 rings (SSSR count). The van der Waals surface area contributed by atoms with Gasteiger partial charge in [0, 0.05) is 17.5 Å². The van der Waals surface area contributed by atoms with Crippen molar-refractivity contribution in [3.05, 3.63) is 17.3 Å². The second-order valence-electron chi connectivity index (χ2n) is 5.02. The van der Waals surface area contributed by atoms with Gasteiger partial charge in [0.05, 0.1) is 5.39 Å². The number of piperidine rings is 1. The van der Waals surface area contributed by atoms with Gasteiger partial charge in [0.25, 0.3) is 0 Å². The quantitative estimate of drug-likeness (QED) is 0.824. The molecule has 1 atom stereocenters. The van der Waals surface area contributed by atoms with Gasteiger partial charge in [0.1, 0.15) is 17.0 Å². The van der Waals surface area contributed by atoms with Crippen LogP contribution in [0.25, 0.3) is 10.2 Å². The summed E-state index contributed by atoms with van der Waals surface area (Å²) in [4.78, 5) is 13.9. The Morgan fingerprint density at radius 2 is 2.28 bits per heavy atom. The van der Waals surface area contributed by atoms with Crippen LogP contribution in [0.4, 0.5) is 5.82 Å². The molecule has 0 saturated carbocycles. The fourth-order valence-electron chi connectivity index (χ4n) is 2.90. The molecule has 0 radical (unpaired) electrons. The van der Waals surface area contributed by atoms with Crippen molar-refractivity contribution in [1.82, 2.24) is 9.97 Å². The van der Waals surface area contributed by atoms with Crippen molar-refractivity contribution in [2.45, 2.75) is 45.6 Å². The number of hydrogen-bond acceptors (Lipinski definition) is 4. The first-order chi connectivity index (χ1) is 8.79. The molecule has 1 aliphatic rings. The zero-order valence-electron chi connectivity index (χ0n) is 11.0. The Kier molecular flexibility index (Phi) is 3.20. The van der Waals surface area contributed by atoms with Crippen molar-refractivity contribution in [2.24, 2.45) is 0 Å². The fourth-order valence-corrected chi connectivity index (χ4v) is 3.74. The minimum absolute atomic E-state index is 0.650. The number of aromatic nitrogens is 2. The molecule has 0 spiro atoms. The Labute approximate surface area is 112 Å². The maximum absolute atomic E-state index is 4.56. The molecule has 0 N–H and O–H groups in total. The summed E-state index contributed by atoms with van der Waals surface area (Å²) in [6.07, 6.45) is 6.85. The molecule has 18 heavy (non-hydrogen) atoms. The maximum atomic E-state index is 4.56. The van der Waals surface area contributed by atoms with E-state index >= 15 is 0 Å². The zero-order valence-corrected chi connectivity index (χ0v) is 11.8. The van der Waals surface area contributed by atoms with E-state index in [1.807, 2.05) is 0 Å². The van der Waals surface area contributed by atoms with Crippen LogP contribution in [0.1, 0.15) is 37.5 Å². The van der Waals surface area contributed by atoms with Gasteiger partial charge in [-0.3, -0.25) is 0 Å². The first-order valence-corrected chi connectivity index (χ1v) is 7.59. The van der Waals surface area contributed by atoms with Crippen LogP contribution in [0.3, 0.4) is 0 Å². The molecule has 0 aromatic carbocycles. The van der Waals surface area contributed by atoms with Crippen molar-refractivity contribution in [3.8, 4) is 0 Å². The van der Waals surface area contributed by atoms with Crippen LogP contribution >= 0.6 is 11.3 Å². The van der Waals surface area contributed by atoms with Gasteiger partial charge >= 0.3 is 0 Å². The van der Waals surface area contributed by atoms with Crippen LogP contribution in [0.15, 0.2) is 12.4 Å². The summed E-state index contributed by atoms with van der Waals surface area (Å²) in [7, 11) is 0. The van der Waals surface area contributed by atoms with E-state index in [4.69, 9.17) is 0 Å². The molecule has 1 aliphatic heterocycles. The van der Waals surface area contributed by atoms with Gasteiger partial charge in [-0.05, 0) is 38.7 Å². The molecule has 96 valence electrons. The maximum Gasteiger partial charge on any atom is 0.141 e. The topological polar surface area (TPSA) is 29.0 Å². The standard InChI is InChI=1S/C14H19N3S/c1-3-11-6-4-5-7-17(11)13-12-8-10(2)18-14(12)16-9-15-13/h8-9,11H,3-7H2,1-2H3. The van der Waals surface area contributed by atoms with Crippen molar-refractivity contribution >= 4 is 27.4 Å². The van der Waals surface area contributed by atoms with Gasteiger partial charge < -0.3 is 4.90 Å². The van der Waals surface area contributed by atoms with Crippen molar-refractivity contribution in [2.75, 3.05) is 11.4 Å². The van der Waals surface area contributed by atoms with E-state index in [1.165, 1.54) is 35.9 Å². The fraction of sp³-hybridized carbons (Fsp3) is 0.571. The van der Waals surface area contributed by atoms with Crippen LogP contribution < -0.4 is 4.90 Å². The summed E-state index contributed by atoms with van der Waals surface area (Å²) in [6, 6.07) is 2.88. The molecule has 0 aliphatic carbocycles. The van der Waals surface area contributed by atoms with Crippen molar-refractivity contribution < 1.29 is 0 Å². The Bertz CT molecular complexity index is 549. The molecule has 2 aromatic rings. The average Bonchev–Trinajstić information content (AvgIpc) is 2.78. The highest BCUT2D eigenvalue weighted by Gasteiger charge is 2.24. The predicted molar refractivity (Wildman–Crippen MR) is 77.4 cm³/mol. The van der Waals surface area contributed by atoms with E-state index in [1.54, 1.807) is 17.7 Å². The largest absolute Gasteiger partial charge is 0.353 e. The Morgan fingerprint density at radius 3 is 3.11 bits per heavy atom. The highest BCUT2D eigenvalue weighted by Crippen LogP contribution is 2.33.